The van der Waals surface area contributed by atoms with Crippen LogP contribution in [0.4, 0.5) is 10.5 Å². The van der Waals surface area contributed by atoms with Gasteiger partial charge in [0, 0.05) is 35.8 Å². The van der Waals surface area contributed by atoms with E-state index in [4.69, 9.17) is 21.1 Å². The Kier molecular flexibility index (Phi) is 5.28. The van der Waals surface area contributed by atoms with E-state index in [0.29, 0.717) is 35.2 Å². The molecule has 1 aromatic carbocycles. The molecule has 0 unspecified atom stereocenters. The van der Waals surface area contributed by atoms with Gasteiger partial charge in [0.1, 0.15) is 0 Å². The Morgan fingerprint density at radius 3 is 2.81 bits per heavy atom. The van der Waals surface area contributed by atoms with E-state index in [-0.39, 0.29) is 25.6 Å². The number of aromatic nitrogens is 3. The maximum Gasteiger partial charge on any atom is 0.415 e. The maximum atomic E-state index is 13.2. The van der Waals surface area contributed by atoms with Crippen LogP contribution >= 0.6 is 11.6 Å². The summed E-state index contributed by atoms with van der Waals surface area (Å²) in [6.07, 6.45) is 4.47. The van der Waals surface area contributed by atoms with Crippen LogP contribution < -0.4 is 4.90 Å². The molecule has 1 atom stereocenters. The van der Waals surface area contributed by atoms with Crippen LogP contribution in [0, 0.1) is 0 Å². The van der Waals surface area contributed by atoms with Gasteiger partial charge in [0.15, 0.2) is 11.4 Å². The van der Waals surface area contributed by atoms with Gasteiger partial charge in [-0.2, -0.15) is 5.10 Å². The molecule has 2 aliphatic rings. The van der Waals surface area contributed by atoms with Crippen LogP contribution in [0.3, 0.4) is 0 Å². The summed E-state index contributed by atoms with van der Waals surface area (Å²) in [5.74, 6) is 0.413. The van der Waals surface area contributed by atoms with Gasteiger partial charge in [0.25, 0.3) is 5.91 Å². The number of nitrogens with zero attached hydrogens (tertiary/aromatic N) is 5. The van der Waals surface area contributed by atoms with Crippen LogP contribution in [0.5, 0.6) is 0 Å². The molecule has 5 rings (SSSR count). The number of ether oxygens (including phenoxy) is 2. The number of hydrogen-bond donors (Lipinski definition) is 0. The van der Waals surface area contributed by atoms with Crippen molar-refractivity contribution < 1.29 is 19.1 Å². The van der Waals surface area contributed by atoms with E-state index < -0.39 is 11.7 Å². The molecule has 2 fully saturated rings. The highest BCUT2D eigenvalue weighted by molar-refractivity contribution is 6.30. The summed E-state index contributed by atoms with van der Waals surface area (Å²) in [7, 11) is 0. The smallest absolute Gasteiger partial charge is 0.415 e. The fourth-order valence-corrected chi connectivity index (χ4v) is 4.12. The molecular weight excluding hydrogens is 434 g/mol. The zero-order valence-electron chi connectivity index (χ0n) is 17.1. The molecule has 0 N–H and O–H groups in total. The quantitative estimate of drug-likeness (QED) is 0.605. The molecule has 0 bridgehead atoms. The van der Waals surface area contributed by atoms with Gasteiger partial charge in [-0.15, -0.1) is 0 Å². The predicted molar refractivity (Wildman–Crippen MR) is 116 cm³/mol. The molecule has 2 aromatic heterocycles. The van der Waals surface area contributed by atoms with E-state index in [2.05, 4.69) is 10.1 Å². The van der Waals surface area contributed by atoms with Crippen LogP contribution in [-0.2, 0) is 9.47 Å². The van der Waals surface area contributed by atoms with Gasteiger partial charge in [-0.3, -0.25) is 9.69 Å². The minimum Gasteiger partial charge on any atom is -0.436 e. The Morgan fingerprint density at radius 1 is 1.16 bits per heavy atom. The lowest BCUT2D eigenvalue weighted by Gasteiger charge is -2.29. The number of rotatable bonds is 3. The molecule has 1 spiro atoms. The molecule has 2 aliphatic heterocycles. The van der Waals surface area contributed by atoms with E-state index in [1.807, 2.05) is 0 Å². The molecule has 164 valence electrons. The van der Waals surface area contributed by atoms with Crippen LogP contribution in [0.1, 0.15) is 10.4 Å². The summed E-state index contributed by atoms with van der Waals surface area (Å²) in [4.78, 5) is 33.4. The molecule has 10 heteroatoms. The third-order valence-electron chi connectivity index (χ3n) is 5.46. The highest BCUT2D eigenvalue weighted by Gasteiger charge is 2.49. The first-order valence-electron chi connectivity index (χ1n) is 10.1. The number of benzene rings is 1. The predicted octanol–water partition coefficient (Wildman–Crippen LogP) is 2.79. The van der Waals surface area contributed by atoms with E-state index >= 15 is 0 Å². The summed E-state index contributed by atoms with van der Waals surface area (Å²) in [5, 5.41) is 4.66. The largest absolute Gasteiger partial charge is 0.436 e. The van der Waals surface area contributed by atoms with Crippen LogP contribution in [0.2, 0.25) is 5.02 Å². The molecule has 9 nitrogen and oxygen atoms in total. The minimum absolute atomic E-state index is 0.202. The molecule has 3 aromatic rings. The zero-order chi connectivity index (χ0) is 22.1. The van der Waals surface area contributed by atoms with Gasteiger partial charge < -0.3 is 14.4 Å². The average molecular weight is 454 g/mol. The molecular formula is C22H20ClN5O4. The van der Waals surface area contributed by atoms with Gasteiger partial charge in [0.05, 0.1) is 31.9 Å². The SMILES string of the molecule is O=C(c1ccc(-n2cccn2)nc1)N1CCOC[C@]2(C1)CN(c1cccc(Cl)c1)C(=O)O2. The number of halogens is 1. The lowest BCUT2D eigenvalue weighted by Crippen LogP contribution is -2.49. The number of carbonyl (C=O) groups excluding carboxylic acids is 2. The second-order valence-corrected chi connectivity index (χ2v) is 8.19. The summed E-state index contributed by atoms with van der Waals surface area (Å²) in [5.41, 5.74) is 0.113. The third kappa shape index (κ3) is 3.92. The summed E-state index contributed by atoms with van der Waals surface area (Å²) < 4.78 is 13.1. The number of carbonyl (C=O) groups is 2. The van der Waals surface area contributed by atoms with Gasteiger partial charge in [-0.1, -0.05) is 17.7 Å². The molecule has 32 heavy (non-hydrogen) atoms. The lowest BCUT2D eigenvalue weighted by molar-refractivity contribution is -0.0140. The van der Waals surface area contributed by atoms with E-state index in [9.17, 15) is 9.59 Å². The first kappa shape index (κ1) is 20.5. The maximum absolute atomic E-state index is 13.2. The second-order valence-electron chi connectivity index (χ2n) is 7.75. The first-order valence-corrected chi connectivity index (χ1v) is 10.5. The highest BCUT2D eigenvalue weighted by atomic mass is 35.5. The fourth-order valence-electron chi connectivity index (χ4n) is 3.94. The summed E-state index contributed by atoms with van der Waals surface area (Å²) >= 11 is 6.08. The Hall–Kier alpha value is -3.43. The average Bonchev–Trinajstić information content (AvgIpc) is 3.39. The Bertz CT molecular complexity index is 1140. The number of hydrogen-bond acceptors (Lipinski definition) is 6. The van der Waals surface area contributed by atoms with Crippen LogP contribution in [0.25, 0.3) is 5.82 Å². The monoisotopic (exact) mass is 453 g/mol. The second kappa shape index (κ2) is 8.25. The zero-order valence-corrected chi connectivity index (χ0v) is 17.8. The Labute approximate surface area is 189 Å². The highest BCUT2D eigenvalue weighted by Crippen LogP contribution is 2.32. The normalized spacial score (nSPS) is 21.0. The summed E-state index contributed by atoms with van der Waals surface area (Å²) in [6.45, 7) is 1.41. The molecule has 2 saturated heterocycles. The van der Waals surface area contributed by atoms with Gasteiger partial charge in [0.2, 0.25) is 0 Å². The van der Waals surface area contributed by atoms with Crippen molar-refractivity contribution in [1.29, 1.82) is 0 Å². The first-order chi connectivity index (χ1) is 15.5. The standard InChI is InChI=1S/C22H20ClN5O4/c23-17-3-1-4-18(11-17)27-14-22(32-21(27)30)13-26(9-10-31-15-22)20(29)16-5-6-19(24-12-16)28-8-2-7-25-28/h1-8,11-12H,9-10,13-15H2/t22-/m0/s1. The van der Waals surface area contributed by atoms with E-state index in [0.717, 1.165) is 0 Å². The van der Waals surface area contributed by atoms with Crippen molar-refractivity contribution in [2.24, 2.45) is 0 Å². The number of pyridine rings is 1. The van der Waals surface area contributed by atoms with Crippen molar-refractivity contribution in [3.05, 3.63) is 71.6 Å². The molecule has 0 saturated carbocycles. The lowest BCUT2D eigenvalue weighted by atomic mass is 10.0. The molecule has 0 aliphatic carbocycles. The third-order valence-corrected chi connectivity index (χ3v) is 5.70. The van der Waals surface area contributed by atoms with E-state index in [1.54, 1.807) is 64.4 Å². The minimum atomic E-state index is -0.964. The van der Waals surface area contributed by atoms with Crippen molar-refractivity contribution in [3.63, 3.8) is 0 Å². The van der Waals surface area contributed by atoms with Gasteiger partial charge >= 0.3 is 6.09 Å². The molecule has 0 radical (unpaired) electrons. The number of anilines is 1. The Morgan fingerprint density at radius 2 is 2.06 bits per heavy atom. The molecule has 4 heterocycles. The van der Waals surface area contributed by atoms with Crippen molar-refractivity contribution in [3.8, 4) is 5.82 Å². The number of amides is 2. The van der Waals surface area contributed by atoms with Crippen LogP contribution in [-0.4, -0.2) is 70.1 Å². The van der Waals surface area contributed by atoms with Crippen molar-refractivity contribution in [2.75, 3.05) is 37.7 Å². The topological polar surface area (TPSA) is 89.8 Å². The van der Waals surface area contributed by atoms with Gasteiger partial charge in [-0.25, -0.2) is 14.5 Å². The molecule has 2 amide bonds. The van der Waals surface area contributed by atoms with Gasteiger partial charge in [-0.05, 0) is 36.4 Å². The van der Waals surface area contributed by atoms with E-state index in [1.165, 1.54) is 11.1 Å². The van der Waals surface area contributed by atoms with Crippen molar-refractivity contribution >= 4 is 29.3 Å². The fraction of sp³-hybridized carbons (Fsp3) is 0.273. The Balaban J connectivity index is 1.35. The van der Waals surface area contributed by atoms with Crippen LogP contribution in [0.15, 0.2) is 61.1 Å². The van der Waals surface area contributed by atoms with Crippen molar-refractivity contribution in [1.82, 2.24) is 19.7 Å². The summed E-state index contributed by atoms with van der Waals surface area (Å²) in [6, 6.07) is 12.3. The van der Waals surface area contributed by atoms with Crippen molar-refractivity contribution in [2.45, 2.75) is 5.60 Å².